The Morgan fingerprint density at radius 3 is 2.50 bits per heavy atom. The van der Waals surface area contributed by atoms with E-state index in [0.717, 1.165) is 22.2 Å². The maximum atomic E-state index is 12.3. The molecule has 0 saturated carbocycles. The van der Waals surface area contributed by atoms with Crippen molar-refractivity contribution in [1.82, 2.24) is 9.97 Å². The molecule has 3 rings (SSSR count). The molecule has 22 heavy (non-hydrogen) atoms. The summed E-state index contributed by atoms with van der Waals surface area (Å²) in [7, 11) is -4.65. The number of aromatic amines is 1. The number of alkyl halides is 2. The topological polar surface area (TPSA) is 74.8 Å². The number of anilines is 1. The van der Waals surface area contributed by atoms with Crippen LogP contribution in [0.15, 0.2) is 48.8 Å². The third-order valence-electron chi connectivity index (χ3n) is 3.15. The van der Waals surface area contributed by atoms with Crippen LogP contribution in [0, 0.1) is 0 Å². The van der Waals surface area contributed by atoms with Gasteiger partial charge in [0.2, 0.25) is 0 Å². The molecule has 5 nitrogen and oxygen atoms in total. The molecule has 0 aliphatic rings. The molecule has 0 bridgehead atoms. The van der Waals surface area contributed by atoms with Gasteiger partial charge in [0.15, 0.2) is 0 Å². The van der Waals surface area contributed by atoms with Crippen LogP contribution < -0.4 is 4.72 Å². The summed E-state index contributed by atoms with van der Waals surface area (Å²) in [5, 5.41) is 0.920. The van der Waals surface area contributed by atoms with Gasteiger partial charge < -0.3 is 4.98 Å². The quantitative estimate of drug-likeness (QED) is 0.774. The van der Waals surface area contributed by atoms with E-state index in [4.69, 9.17) is 0 Å². The van der Waals surface area contributed by atoms with Gasteiger partial charge in [0.25, 0.3) is 10.0 Å². The van der Waals surface area contributed by atoms with Crippen molar-refractivity contribution >= 4 is 26.7 Å². The molecule has 0 fully saturated rings. The fraction of sp³-hybridized carbons (Fsp3) is 0.0714. The molecule has 2 aromatic heterocycles. The highest BCUT2D eigenvalue weighted by Gasteiger charge is 2.23. The zero-order chi connectivity index (χ0) is 15.7. The van der Waals surface area contributed by atoms with Crippen molar-refractivity contribution in [2.75, 3.05) is 4.72 Å². The first-order valence-electron chi connectivity index (χ1n) is 6.30. The minimum absolute atomic E-state index is 0.0865. The SMILES string of the molecule is O=S(=O)(Nc1ccc(-c2ccnc3[nH]ccc23)cc1)C(F)F. The zero-order valence-corrected chi connectivity index (χ0v) is 11.9. The highest BCUT2D eigenvalue weighted by molar-refractivity contribution is 7.93. The highest BCUT2D eigenvalue weighted by atomic mass is 32.2. The highest BCUT2D eigenvalue weighted by Crippen LogP contribution is 2.28. The molecule has 0 radical (unpaired) electrons. The van der Waals surface area contributed by atoms with Crippen LogP contribution >= 0.6 is 0 Å². The standard InChI is InChI=1S/C14H11F2N3O2S/c15-14(16)22(20,21)19-10-3-1-9(2-4-10)11-5-7-17-13-12(11)6-8-18-13/h1-8,14,19H,(H,17,18). The first-order valence-corrected chi connectivity index (χ1v) is 7.84. The number of benzene rings is 1. The van der Waals surface area contributed by atoms with E-state index >= 15 is 0 Å². The number of nitrogens with zero attached hydrogens (tertiary/aromatic N) is 1. The van der Waals surface area contributed by atoms with Crippen molar-refractivity contribution < 1.29 is 17.2 Å². The average Bonchev–Trinajstić information content (AvgIpc) is 2.96. The van der Waals surface area contributed by atoms with Gasteiger partial charge >= 0.3 is 5.76 Å². The first kappa shape index (κ1) is 14.5. The molecular weight excluding hydrogens is 312 g/mol. The number of hydrogen-bond acceptors (Lipinski definition) is 3. The number of sulfonamides is 1. The fourth-order valence-electron chi connectivity index (χ4n) is 2.14. The fourth-order valence-corrected chi connectivity index (χ4v) is 2.69. The molecule has 8 heteroatoms. The smallest absolute Gasteiger partial charge is 0.346 e. The van der Waals surface area contributed by atoms with Gasteiger partial charge in [0, 0.05) is 23.5 Å². The summed E-state index contributed by atoms with van der Waals surface area (Å²) in [5.74, 6) is -3.47. The van der Waals surface area contributed by atoms with Crippen molar-refractivity contribution in [2.45, 2.75) is 5.76 Å². The maximum absolute atomic E-state index is 12.3. The Hall–Kier alpha value is -2.48. The van der Waals surface area contributed by atoms with Gasteiger partial charge in [0.05, 0.1) is 0 Å². The van der Waals surface area contributed by atoms with Crippen LogP contribution in [0.2, 0.25) is 0 Å². The third-order valence-corrected chi connectivity index (χ3v) is 4.14. The number of hydrogen-bond donors (Lipinski definition) is 2. The summed E-state index contributed by atoms with van der Waals surface area (Å²) in [6.07, 6.45) is 3.42. The minimum Gasteiger partial charge on any atom is -0.346 e. The van der Waals surface area contributed by atoms with Crippen molar-refractivity contribution in [2.24, 2.45) is 0 Å². The second kappa shape index (κ2) is 5.38. The molecular formula is C14H11F2N3O2S. The molecule has 1 aromatic carbocycles. The molecule has 2 heterocycles. The minimum atomic E-state index is -4.65. The Morgan fingerprint density at radius 1 is 1.09 bits per heavy atom. The lowest BCUT2D eigenvalue weighted by molar-refractivity contribution is 0.236. The number of H-pyrrole nitrogens is 1. The number of nitrogens with one attached hydrogen (secondary N) is 2. The van der Waals surface area contributed by atoms with E-state index in [0.29, 0.717) is 0 Å². The third kappa shape index (κ3) is 2.64. The van der Waals surface area contributed by atoms with E-state index in [1.807, 2.05) is 16.9 Å². The lowest BCUT2D eigenvalue weighted by Gasteiger charge is -2.08. The predicted molar refractivity (Wildman–Crippen MR) is 80.1 cm³/mol. The molecule has 0 unspecified atom stereocenters. The van der Waals surface area contributed by atoms with Crippen LogP contribution in [0.1, 0.15) is 0 Å². The Balaban J connectivity index is 1.94. The molecule has 2 N–H and O–H groups in total. The van der Waals surface area contributed by atoms with Gasteiger partial charge in [-0.3, -0.25) is 4.72 Å². The number of rotatable bonds is 4. The zero-order valence-electron chi connectivity index (χ0n) is 11.1. The molecule has 0 spiro atoms. The Morgan fingerprint density at radius 2 is 1.82 bits per heavy atom. The van der Waals surface area contributed by atoms with Gasteiger partial charge in [-0.15, -0.1) is 0 Å². The summed E-state index contributed by atoms with van der Waals surface area (Å²) in [5.41, 5.74) is 2.56. The Labute approximate surface area is 125 Å². The summed E-state index contributed by atoms with van der Waals surface area (Å²) < 4.78 is 48.7. The van der Waals surface area contributed by atoms with E-state index in [1.165, 1.54) is 12.1 Å². The molecule has 0 amide bonds. The lowest BCUT2D eigenvalue weighted by Crippen LogP contribution is -2.20. The van der Waals surface area contributed by atoms with Crippen LogP contribution in [-0.4, -0.2) is 24.1 Å². The van der Waals surface area contributed by atoms with Gasteiger partial charge in [0.1, 0.15) is 5.65 Å². The van der Waals surface area contributed by atoms with Crippen molar-refractivity contribution in [3.63, 3.8) is 0 Å². The normalized spacial score (nSPS) is 12.0. The molecule has 114 valence electrons. The molecule has 0 aliphatic heterocycles. The first-order chi connectivity index (χ1) is 10.5. The molecule has 3 aromatic rings. The molecule has 0 aliphatic carbocycles. The van der Waals surface area contributed by atoms with Gasteiger partial charge in [-0.1, -0.05) is 12.1 Å². The van der Waals surface area contributed by atoms with Crippen molar-refractivity contribution in [1.29, 1.82) is 0 Å². The summed E-state index contributed by atoms with van der Waals surface area (Å²) in [6, 6.07) is 9.90. The van der Waals surface area contributed by atoms with Crippen LogP contribution in [-0.2, 0) is 10.0 Å². The van der Waals surface area contributed by atoms with Crippen LogP contribution in [0.4, 0.5) is 14.5 Å². The lowest BCUT2D eigenvalue weighted by atomic mass is 10.0. The van der Waals surface area contributed by atoms with Crippen LogP contribution in [0.25, 0.3) is 22.2 Å². The predicted octanol–water partition coefficient (Wildman–Crippen LogP) is 3.19. The average molecular weight is 323 g/mol. The van der Waals surface area contributed by atoms with E-state index in [-0.39, 0.29) is 5.69 Å². The largest absolute Gasteiger partial charge is 0.355 e. The van der Waals surface area contributed by atoms with Crippen molar-refractivity contribution in [3.05, 3.63) is 48.8 Å². The Bertz CT molecular complexity index is 905. The van der Waals surface area contributed by atoms with E-state index in [9.17, 15) is 17.2 Å². The summed E-state index contributed by atoms with van der Waals surface area (Å²) >= 11 is 0. The maximum Gasteiger partial charge on any atom is 0.355 e. The van der Waals surface area contributed by atoms with E-state index in [2.05, 4.69) is 9.97 Å². The number of halogens is 2. The van der Waals surface area contributed by atoms with Gasteiger partial charge in [-0.25, -0.2) is 13.4 Å². The Kier molecular flexibility index (Phi) is 3.53. The van der Waals surface area contributed by atoms with Crippen LogP contribution in [0.3, 0.4) is 0 Å². The van der Waals surface area contributed by atoms with Gasteiger partial charge in [-0.05, 0) is 35.4 Å². The van der Waals surface area contributed by atoms with E-state index < -0.39 is 15.8 Å². The number of pyridine rings is 1. The number of fused-ring (bicyclic) bond motifs is 1. The molecule has 0 saturated heterocycles. The van der Waals surface area contributed by atoms with Crippen molar-refractivity contribution in [3.8, 4) is 11.1 Å². The van der Waals surface area contributed by atoms with Gasteiger partial charge in [-0.2, -0.15) is 8.78 Å². The second-order valence-electron chi connectivity index (χ2n) is 4.58. The van der Waals surface area contributed by atoms with Crippen LogP contribution in [0.5, 0.6) is 0 Å². The number of aromatic nitrogens is 2. The monoisotopic (exact) mass is 323 g/mol. The summed E-state index contributed by atoms with van der Waals surface area (Å²) in [6.45, 7) is 0. The van der Waals surface area contributed by atoms with E-state index in [1.54, 1.807) is 24.5 Å². The summed E-state index contributed by atoms with van der Waals surface area (Å²) in [4.78, 5) is 7.18. The second-order valence-corrected chi connectivity index (χ2v) is 6.23. The molecule has 0 atom stereocenters.